The minimum absolute atomic E-state index is 0.163. The lowest BCUT2D eigenvalue weighted by Crippen LogP contribution is -2.10. The van der Waals surface area contributed by atoms with E-state index < -0.39 is 0 Å². The van der Waals surface area contributed by atoms with Gasteiger partial charge in [-0.05, 0) is 37.0 Å². The quantitative estimate of drug-likeness (QED) is 0.880. The number of rotatable bonds is 5. The standard InChI is InChI=1S/C16H18ClN5O/c1-10-6-11(2-4-13-9-23-15(18)21-13)3-5-14(10)22-16-19-7-12(17)8-20-16/h3,5-8,13H,2,4,9H2,1H3,(H2,18,21)(H,19,20,22)/t13-/m0/s1. The number of nitrogens with two attached hydrogens (primary N) is 1. The predicted molar refractivity (Wildman–Crippen MR) is 91.2 cm³/mol. The second-order valence-corrected chi connectivity index (χ2v) is 5.91. The Labute approximate surface area is 139 Å². The third-order valence-electron chi connectivity index (χ3n) is 3.66. The van der Waals surface area contributed by atoms with Crippen molar-refractivity contribution in [1.82, 2.24) is 9.97 Å². The van der Waals surface area contributed by atoms with Crippen LogP contribution >= 0.6 is 11.6 Å². The lowest BCUT2D eigenvalue weighted by atomic mass is 10.0. The zero-order valence-corrected chi connectivity index (χ0v) is 13.5. The number of ether oxygens (including phenoxy) is 1. The average molecular weight is 332 g/mol. The Kier molecular flexibility index (Phi) is 4.62. The molecule has 0 fully saturated rings. The molecule has 0 bridgehead atoms. The number of nitrogens with zero attached hydrogens (tertiary/aromatic N) is 3. The Morgan fingerprint density at radius 3 is 2.78 bits per heavy atom. The largest absolute Gasteiger partial charge is 0.463 e. The van der Waals surface area contributed by atoms with Gasteiger partial charge in [0.1, 0.15) is 6.61 Å². The summed E-state index contributed by atoms with van der Waals surface area (Å²) in [6.45, 7) is 2.63. The first-order valence-corrected chi connectivity index (χ1v) is 7.78. The predicted octanol–water partition coefficient (Wildman–Crippen LogP) is 2.83. The van der Waals surface area contributed by atoms with Crippen LogP contribution in [-0.4, -0.2) is 28.6 Å². The van der Waals surface area contributed by atoms with Crippen molar-refractivity contribution in [3.8, 4) is 0 Å². The van der Waals surface area contributed by atoms with Gasteiger partial charge in [-0.1, -0.05) is 23.7 Å². The van der Waals surface area contributed by atoms with E-state index in [-0.39, 0.29) is 6.04 Å². The van der Waals surface area contributed by atoms with Crippen molar-refractivity contribution in [2.24, 2.45) is 10.7 Å². The van der Waals surface area contributed by atoms with Gasteiger partial charge in [0.2, 0.25) is 5.95 Å². The van der Waals surface area contributed by atoms with Crippen LogP contribution in [0.4, 0.5) is 11.6 Å². The smallest absolute Gasteiger partial charge is 0.282 e. The van der Waals surface area contributed by atoms with Crippen molar-refractivity contribution < 1.29 is 4.74 Å². The van der Waals surface area contributed by atoms with Crippen molar-refractivity contribution in [2.75, 3.05) is 11.9 Å². The molecular formula is C16H18ClN5O. The van der Waals surface area contributed by atoms with Crippen LogP contribution in [0.2, 0.25) is 5.02 Å². The number of amidine groups is 1. The normalized spacial score (nSPS) is 16.8. The maximum atomic E-state index is 5.79. The molecule has 3 rings (SSSR count). The monoisotopic (exact) mass is 331 g/mol. The van der Waals surface area contributed by atoms with Crippen molar-refractivity contribution in [3.05, 3.63) is 46.7 Å². The molecule has 1 aromatic carbocycles. The highest BCUT2D eigenvalue weighted by Crippen LogP contribution is 2.21. The van der Waals surface area contributed by atoms with Gasteiger partial charge in [0, 0.05) is 5.69 Å². The van der Waals surface area contributed by atoms with Gasteiger partial charge in [0.25, 0.3) is 6.02 Å². The van der Waals surface area contributed by atoms with Crippen LogP contribution in [0.25, 0.3) is 0 Å². The van der Waals surface area contributed by atoms with Gasteiger partial charge < -0.3 is 15.8 Å². The summed E-state index contributed by atoms with van der Waals surface area (Å²) < 4.78 is 5.17. The van der Waals surface area contributed by atoms with E-state index in [0.717, 1.165) is 24.1 Å². The summed E-state index contributed by atoms with van der Waals surface area (Å²) in [5.41, 5.74) is 8.88. The third-order valence-corrected chi connectivity index (χ3v) is 3.85. The molecule has 0 spiro atoms. The van der Waals surface area contributed by atoms with E-state index in [1.165, 1.54) is 5.56 Å². The Morgan fingerprint density at radius 1 is 1.35 bits per heavy atom. The third kappa shape index (κ3) is 4.10. The minimum atomic E-state index is 0.163. The molecular weight excluding hydrogens is 314 g/mol. The van der Waals surface area contributed by atoms with Crippen molar-refractivity contribution in [3.63, 3.8) is 0 Å². The van der Waals surface area contributed by atoms with Crippen molar-refractivity contribution in [1.29, 1.82) is 0 Å². The molecule has 1 aromatic heterocycles. The number of aliphatic imine (C=N–C) groups is 1. The molecule has 0 saturated carbocycles. The zero-order chi connectivity index (χ0) is 16.2. The number of anilines is 2. The molecule has 0 aliphatic carbocycles. The molecule has 2 heterocycles. The molecule has 1 aliphatic heterocycles. The number of aromatic nitrogens is 2. The van der Waals surface area contributed by atoms with Gasteiger partial charge in [-0.3, -0.25) is 0 Å². The molecule has 0 unspecified atom stereocenters. The zero-order valence-electron chi connectivity index (χ0n) is 12.8. The summed E-state index contributed by atoms with van der Waals surface area (Å²) in [5.74, 6) is 0.526. The van der Waals surface area contributed by atoms with Crippen LogP contribution in [0.5, 0.6) is 0 Å². The fourth-order valence-corrected chi connectivity index (χ4v) is 2.53. The number of nitrogens with one attached hydrogen (secondary N) is 1. The number of hydrogen-bond acceptors (Lipinski definition) is 6. The molecule has 120 valence electrons. The van der Waals surface area contributed by atoms with E-state index in [1.54, 1.807) is 12.4 Å². The molecule has 7 heteroatoms. The Morgan fingerprint density at radius 2 is 2.13 bits per heavy atom. The Hall–Kier alpha value is -2.34. The summed E-state index contributed by atoms with van der Waals surface area (Å²) in [4.78, 5) is 12.5. The summed E-state index contributed by atoms with van der Waals surface area (Å²) in [6.07, 6.45) is 4.99. The molecule has 0 saturated heterocycles. The first kappa shape index (κ1) is 15.6. The molecule has 1 atom stereocenters. The summed E-state index contributed by atoms with van der Waals surface area (Å²) in [7, 11) is 0. The first-order chi connectivity index (χ1) is 11.1. The van der Waals surface area contributed by atoms with Crippen LogP contribution in [0.3, 0.4) is 0 Å². The molecule has 1 aliphatic rings. The molecule has 2 aromatic rings. The van der Waals surface area contributed by atoms with E-state index in [4.69, 9.17) is 22.1 Å². The van der Waals surface area contributed by atoms with Gasteiger partial charge in [0.15, 0.2) is 0 Å². The molecule has 0 radical (unpaired) electrons. The highest BCUT2D eigenvalue weighted by atomic mass is 35.5. The second kappa shape index (κ2) is 6.83. The van der Waals surface area contributed by atoms with E-state index in [0.29, 0.717) is 23.6 Å². The summed E-state index contributed by atoms with van der Waals surface area (Å²) in [5, 5.41) is 3.71. The van der Waals surface area contributed by atoms with Crippen LogP contribution in [-0.2, 0) is 11.2 Å². The Bertz CT molecular complexity index is 717. The van der Waals surface area contributed by atoms with Gasteiger partial charge in [-0.25, -0.2) is 15.0 Å². The number of hydrogen-bond donors (Lipinski definition) is 2. The van der Waals surface area contributed by atoms with E-state index in [1.807, 2.05) is 6.07 Å². The molecule has 3 N–H and O–H groups in total. The summed E-state index contributed by atoms with van der Waals surface area (Å²) in [6, 6.07) is 6.74. The highest BCUT2D eigenvalue weighted by Gasteiger charge is 2.16. The van der Waals surface area contributed by atoms with E-state index >= 15 is 0 Å². The molecule has 23 heavy (non-hydrogen) atoms. The number of benzene rings is 1. The topological polar surface area (TPSA) is 85.4 Å². The van der Waals surface area contributed by atoms with Crippen molar-refractivity contribution >= 4 is 29.3 Å². The van der Waals surface area contributed by atoms with Crippen LogP contribution in [0.15, 0.2) is 35.6 Å². The number of halogens is 1. The SMILES string of the molecule is Cc1cc(CC[C@H]2COC(N)=N2)ccc1Nc1ncc(Cl)cn1. The minimum Gasteiger partial charge on any atom is -0.463 e. The number of aryl methyl sites for hydroxylation is 2. The second-order valence-electron chi connectivity index (χ2n) is 5.47. The maximum absolute atomic E-state index is 5.79. The van der Waals surface area contributed by atoms with Crippen molar-refractivity contribution in [2.45, 2.75) is 25.8 Å². The van der Waals surface area contributed by atoms with Crippen LogP contribution in [0.1, 0.15) is 17.5 Å². The van der Waals surface area contributed by atoms with E-state index in [2.05, 4.69) is 39.3 Å². The lowest BCUT2D eigenvalue weighted by molar-refractivity contribution is 0.308. The Balaban J connectivity index is 1.62. The van der Waals surface area contributed by atoms with Gasteiger partial charge in [-0.15, -0.1) is 0 Å². The van der Waals surface area contributed by atoms with Crippen LogP contribution < -0.4 is 11.1 Å². The first-order valence-electron chi connectivity index (χ1n) is 7.40. The van der Waals surface area contributed by atoms with Crippen LogP contribution in [0, 0.1) is 6.92 Å². The average Bonchev–Trinajstić information content (AvgIpc) is 2.95. The van der Waals surface area contributed by atoms with Gasteiger partial charge >= 0.3 is 0 Å². The fourth-order valence-electron chi connectivity index (χ4n) is 2.44. The fraction of sp³-hybridized carbons (Fsp3) is 0.312. The molecule has 6 nitrogen and oxygen atoms in total. The van der Waals surface area contributed by atoms with E-state index in [9.17, 15) is 0 Å². The summed E-state index contributed by atoms with van der Waals surface area (Å²) >= 11 is 5.79. The van der Waals surface area contributed by atoms with Gasteiger partial charge in [0.05, 0.1) is 23.5 Å². The van der Waals surface area contributed by atoms with Gasteiger partial charge in [-0.2, -0.15) is 0 Å². The maximum Gasteiger partial charge on any atom is 0.282 e. The highest BCUT2D eigenvalue weighted by molar-refractivity contribution is 6.30. The molecule has 0 amide bonds. The lowest BCUT2D eigenvalue weighted by Gasteiger charge is -2.11.